The van der Waals surface area contributed by atoms with E-state index < -0.39 is 23.7 Å². The number of hydrogen-bond acceptors (Lipinski definition) is 5. The first-order chi connectivity index (χ1) is 15.8. The van der Waals surface area contributed by atoms with Crippen LogP contribution < -0.4 is 14.4 Å². The van der Waals surface area contributed by atoms with Crippen molar-refractivity contribution in [1.82, 2.24) is 0 Å². The Morgan fingerprint density at radius 3 is 2.45 bits per heavy atom. The number of rotatable bonds is 7. The minimum atomic E-state index is -1.96. The van der Waals surface area contributed by atoms with Gasteiger partial charge in [0.25, 0.3) is 5.91 Å². The predicted molar refractivity (Wildman–Crippen MR) is 126 cm³/mol. The summed E-state index contributed by atoms with van der Waals surface area (Å²) in [4.78, 5) is 28.4. The number of ketones is 1. The van der Waals surface area contributed by atoms with Crippen molar-refractivity contribution in [3.8, 4) is 11.5 Å². The summed E-state index contributed by atoms with van der Waals surface area (Å²) in [6.07, 6.45) is -0.394. The van der Waals surface area contributed by atoms with Gasteiger partial charge in [-0.25, -0.2) is 0 Å². The number of anilines is 1. The molecule has 0 saturated carbocycles. The zero-order valence-corrected chi connectivity index (χ0v) is 19.2. The molecule has 4 rings (SSSR count). The molecule has 33 heavy (non-hydrogen) atoms. The number of Topliss-reactive ketones (excluding diaryl/α,β-unsaturated/α-hetero) is 1. The summed E-state index contributed by atoms with van der Waals surface area (Å²) >= 11 is 0. The highest BCUT2D eigenvalue weighted by molar-refractivity contribution is 6.11. The molecule has 1 amide bonds. The fourth-order valence-corrected chi connectivity index (χ4v) is 4.38. The van der Waals surface area contributed by atoms with Gasteiger partial charge >= 0.3 is 0 Å². The second-order valence-electron chi connectivity index (χ2n) is 8.36. The molecule has 1 aliphatic heterocycles. The molecule has 1 aliphatic rings. The lowest BCUT2D eigenvalue weighted by atomic mass is 9.88. The summed E-state index contributed by atoms with van der Waals surface area (Å²) in [7, 11) is 2.99. The largest absolute Gasteiger partial charge is 0.497 e. The Bertz CT molecular complexity index is 1230. The number of hydrogen-bond donors (Lipinski definition) is 1. The zero-order valence-electron chi connectivity index (χ0n) is 19.2. The summed E-state index contributed by atoms with van der Waals surface area (Å²) in [6.45, 7) is 4.33. The topological polar surface area (TPSA) is 76.1 Å². The maximum Gasteiger partial charge on any atom is 0.264 e. The Morgan fingerprint density at radius 1 is 1.00 bits per heavy atom. The van der Waals surface area contributed by atoms with E-state index in [1.165, 1.54) is 14.2 Å². The van der Waals surface area contributed by atoms with E-state index in [9.17, 15) is 14.7 Å². The van der Waals surface area contributed by atoms with Gasteiger partial charge in [-0.15, -0.1) is 0 Å². The highest BCUT2D eigenvalue weighted by atomic mass is 16.5. The second kappa shape index (κ2) is 8.71. The van der Waals surface area contributed by atoms with E-state index in [4.69, 9.17) is 9.47 Å². The summed E-state index contributed by atoms with van der Waals surface area (Å²) < 4.78 is 10.5. The number of para-hydroxylation sites is 1. The Kier molecular flexibility index (Phi) is 5.95. The number of ether oxygens (including phenoxy) is 2. The van der Waals surface area contributed by atoms with Crippen LogP contribution in [0.2, 0.25) is 0 Å². The summed E-state index contributed by atoms with van der Waals surface area (Å²) in [5.41, 5.74) is 2.55. The number of carbonyl (C=O) groups is 2. The first-order valence-corrected chi connectivity index (χ1v) is 10.7. The number of aliphatic hydroxyl groups is 1. The highest BCUT2D eigenvalue weighted by Crippen LogP contribution is 2.44. The third-order valence-electron chi connectivity index (χ3n) is 6.19. The van der Waals surface area contributed by atoms with Crippen LogP contribution in [0.3, 0.4) is 0 Å². The van der Waals surface area contributed by atoms with Gasteiger partial charge in [0.1, 0.15) is 11.5 Å². The smallest absolute Gasteiger partial charge is 0.264 e. The molecule has 0 saturated heterocycles. The van der Waals surface area contributed by atoms with Crippen molar-refractivity contribution in [2.24, 2.45) is 0 Å². The van der Waals surface area contributed by atoms with Crippen molar-refractivity contribution < 1.29 is 24.2 Å². The predicted octanol–water partition coefficient (Wildman–Crippen LogP) is 4.33. The zero-order chi connectivity index (χ0) is 23.8. The normalized spacial score (nSPS) is 17.1. The van der Waals surface area contributed by atoms with Gasteiger partial charge in [-0.3, -0.25) is 9.59 Å². The molecule has 0 radical (unpaired) electrons. The van der Waals surface area contributed by atoms with Gasteiger partial charge in [0, 0.05) is 11.6 Å². The molecule has 1 N–H and O–H groups in total. The molecule has 3 aromatic carbocycles. The molecule has 0 unspecified atom stereocenters. The Hall–Kier alpha value is -3.64. The van der Waals surface area contributed by atoms with Crippen LogP contribution in [0.1, 0.15) is 39.0 Å². The van der Waals surface area contributed by atoms with Crippen LogP contribution in [-0.2, 0) is 16.9 Å². The van der Waals surface area contributed by atoms with E-state index in [-0.39, 0.29) is 5.56 Å². The van der Waals surface area contributed by atoms with Gasteiger partial charge in [-0.05, 0) is 43.2 Å². The average molecular weight is 446 g/mol. The Labute approximate surface area is 193 Å². The van der Waals surface area contributed by atoms with Crippen LogP contribution in [0.5, 0.6) is 11.5 Å². The number of carbonyl (C=O) groups excluding carboxylic acids is 2. The maximum absolute atomic E-state index is 13.6. The molecule has 1 atom stereocenters. The third-order valence-corrected chi connectivity index (χ3v) is 6.19. The molecule has 0 aliphatic carbocycles. The van der Waals surface area contributed by atoms with Crippen LogP contribution in [0, 0.1) is 13.8 Å². The fraction of sp³-hybridized carbons (Fsp3) is 0.259. The molecule has 0 fully saturated rings. The number of benzene rings is 3. The summed E-state index contributed by atoms with van der Waals surface area (Å²) in [6, 6.07) is 18.0. The second-order valence-corrected chi connectivity index (χ2v) is 8.36. The number of fused-ring (bicyclic) bond motifs is 1. The van der Waals surface area contributed by atoms with Gasteiger partial charge in [-0.2, -0.15) is 0 Å². The molecule has 170 valence electrons. The lowest BCUT2D eigenvalue weighted by molar-refractivity contribution is -0.136. The molecular weight excluding hydrogens is 418 g/mol. The van der Waals surface area contributed by atoms with Crippen LogP contribution in [0.4, 0.5) is 5.69 Å². The number of nitrogens with zero attached hydrogens (tertiary/aromatic N) is 1. The van der Waals surface area contributed by atoms with E-state index >= 15 is 0 Å². The third kappa shape index (κ3) is 3.98. The molecule has 0 bridgehead atoms. The van der Waals surface area contributed by atoms with E-state index in [1.807, 2.05) is 32.0 Å². The van der Waals surface area contributed by atoms with Gasteiger partial charge in [0.2, 0.25) is 0 Å². The molecule has 3 aromatic rings. The van der Waals surface area contributed by atoms with Crippen molar-refractivity contribution in [3.63, 3.8) is 0 Å². The monoisotopic (exact) mass is 445 g/mol. The highest BCUT2D eigenvalue weighted by Gasteiger charge is 2.51. The molecule has 0 spiro atoms. The van der Waals surface area contributed by atoms with E-state index in [0.29, 0.717) is 29.3 Å². The van der Waals surface area contributed by atoms with Crippen LogP contribution >= 0.6 is 0 Å². The first-order valence-electron chi connectivity index (χ1n) is 10.7. The fourth-order valence-electron chi connectivity index (χ4n) is 4.38. The van der Waals surface area contributed by atoms with Gasteiger partial charge in [-0.1, -0.05) is 42.0 Å². The average Bonchev–Trinajstić information content (AvgIpc) is 3.02. The van der Waals surface area contributed by atoms with Crippen molar-refractivity contribution in [2.45, 2.75) is 32.4 Å². The number of methoxy groups -OCH3 is 2. The molecule has 1 heterocycles. The Balaban J connectivity index is 1.69. The van der Waals surface area contributed by atoms with E-state index in [2.05, 4.69) is 6.07 Å². The number of aryl methyl sites for hydroxylation is 2. The van der Waals surface area contributed by atoms with Crippen LogP contribution in [-0.4, -0.2) is 31.0 Å². The van der Waals surface area contributed by atoms with E-state index in [0.717, 1.165) is 16.7 Å². The summed E-state index contributed by atoms with van der Waals surface area (Å²) in [5, 5.41) is 11.6. The lowest BCUT2D eigenvalue weighted by Crippen LogP contribution is -2.41. The maximum atomic E-state index is 13.6. The van der Waals surface area contributed by atoms with E-state index in [1.54, 1.807) is 41.3 Å². The van der Waals surface area contributed by atoms with Gasteiger partial charge in [0.15, 0.2) is 11.4 Å². The SMILES string of the molecule is COc1ccc(C(=O)C[C@]2(O)C(=O)N(Cc3ccc(C)cc3C)c3ccccc32)c(OC)c1. The van der Waals surface area contributed by atoms with Gasteiger partial charge < -0.3 is 19.5 Å². The van der Waals surface area contributed by atoms with Crippen LogP contribution in [0.25, 0.3) is 0 Å². The summed E-state index contributed by atoms with van der Waals surface area (Å²) in [5.74, 6) is -0.0316. The molecule has 0 aromatic heterocycles. The minimum Gasteiger partial charge on any atom is -0.497 e. The van der Waals surface area contributed by atoms with Gasteiger partial charge in [0.05, 0.1) is 38.4 Å². The number of amides is 1. The first kappa shape index (κ1) is 22.6. The molecule has 6 nitrogen and oxygen atoms in total. The molecule has 6 heteroatoms. The van der Waals surface area contributed by atoms with Crippen LogP contribution in [0.15, 0.2) is 60.7 Å². The minimum absolute atomic E-state index is 0.282. The quantitative estimate of drug-likeness (QED) is 0.548. The van der Waals surface area contributed by atoms with Crippen molar-refractivity contribution in [1.29, 1.82) is 0 Å². The Morgan fingerprint density at radius 2 is 1.76 bits per heavy atom. The lowest BCUT2D eigenvalue weighted by Gasteiger charge is -2.23. The standard InChI is InChI=1S/C27H27NO5/c1-17-9-10-19(18(2)13-17)16-28-23-8-6-5-7-22(23)27(31,26(28)30)15-24(29)21-12-11-20(32-3)14-25(21)33-4/h5-14,31H,15-16H2,1-4H3/t27-/m1/s1. The van der Waals surface area contributed by atoms with Crippen molar-refractivity contribution >= 4 is 17.4 Å². The van der Waals surface area contributed by atoms with Crippen molar-refractivity contribution in [2.75, 3.05) is 19.1 Å². The van der Waals surface area contributed by atoms with Crippen molar-refractivity contribution in [3.05, 3.63) is 88.5 Å². The molecular formula is C27H27NO5.